The van der Waals surface area contributed by atoms with Gasteiger partial charge in [0.1, 0.15) is 11.9 Å². The normalized spacial score (nSPS) is 30.8. The van der Waals surface area contributed by atoms with Crippen LogP contribution in [0.25, 0.3) is 0 Å². The Morgan fingerprint density at radius 1 is 1.38 bits per heavy atom. The molecule has 0 saturated carbocycles. The molecule has 2 unspecified atom stereocenters. The van der Waals surface area contributed by atoms with E-state index in [1.54, 1.807) is 0 Å². The molecular weight excluding hydrogens is 162 g/mol. The molecule has 0 aromatic rings. The number of allylic oxidation sites excluding steroid dienone is 3. The molecule has 1 heterocycles. The predicted molar refractivity (Wildman–Crippen MR) is 52.9 cm³/mol. The topological polar surface area (TPSA) is 35.2 Å². The molecule has 0 fully saturated rings. The maximum Gasteiger partial charge on any atom is 0.127 e. The van der Waals surface area contributed by atoms with Gasteiger partial charge >= 0.3 is 0 Å². The smallest absolute Gasteiger partial charge is 0.127 e. The number of rotatable bonds is 1. The maximum atomic E-state index is 5.65. The summed E-state index contributed by atoms with van der Waals surface area (Å²) in [4.78, 5) is 0. The Morgan fingerprint density at radius 3 is 2.92 bits per heavy atom. The van der Waals surface area contributed by atoms with Crippen molar-refractivity contribution in [2.75, 3.05) is 6.54 Å². The largest absolute Gasteiger partial charge is 0.488 e. The average Bonchev–Trinajstić information content (AvgIpc) is 2.18. The first-order chi connectivity index (χ1) is 6.31. The SMILES string of the molecule is C=C1C=C(CN)OC2C=CC=CC12. The van der Waals surface area contributed by atoms with Crippen LogP contribution in [0.1, 0.15) is 0 Å². The van der Waals surface area contributed by atoms with E-state index in [0.29, 0.717) is 12.5 Å². The summed E-state index contributed by atoms with van der Waals surface area (Å²) in [7, 11) is 0. The van der Waals surface area contributed by atoms with Crippen LogP contribution < -0.4 is 5.73 Å². The number of nitrogens with two attached hydrogens (primary N) is 1. The van der Waals surface area contributed by atoms with Gasteiger partial charge < -0.3 is 10.5 Å². The first-order valence-electron chi connectivity index (χ1n) is 4.42. The number of hydrogen-bond donors (Lipinski definition) is 1. The Bertz CT molecular complexity index is 312. The minimum Gasteiger partial charge on any atom is -0.488 e. The van der Waals surface area contributed by atoms with Gasteiger partial charge in [0.15, 0.2) is 0 Å². The van der Waals surface area contributed by atoms with E-state index in [9.17, 15) is 0 Å². The third kappa shape index (κ3) is 1.45. The highest BCUT2D eigenvalue weighted by molar-refractivity contribution is 5.34. The van der Waals surface area contributed by atoms with Gasteiger partial charge in [-0.2, -0.15) is 0 Å². The second kappa shape index (κ2) is 3.23. The number of fused-ring (bicyclic) bond motifs is 1. The van der Waals surface area contributed by atoms with E-state index in [1.807, 2.05) is 24.3 Å². The maximum absolute atomic E-state index is 5.65. The van der Waals surface area contributed by atoms with Crippen LogP contribution in [0.2, 0.25) is 0 Å². The standard InChI is InChI=1S/C11H13NO/c1-8-6-9(7-12)13-11-5-3-2-4-10(8)11/h2-6,10-11H,1,7,12H2. The molecule has 13 heavy (non-hydrogen) atoms. The number of ether oxygens (including phenoxy) is 1. The summed E-state index contributed by atoms with van der Waals surface area (Å²) in [5, 5.41) is 0. The second-order valence-corrected chi connectivity index (χ2v) is 3.27. The summed E-state index contributed by atoms with van der Waals surface area (Å²) < 4.78 is 5.65. The summed E-state index contributed by atoms with van der Waals surface area (Å²) >= 11 is 0. The summed E-state index contributed by atoms with van der Waals surface area (Å²) in [5.41, 5.74) is 6.59. The Morgan fingerprint density at radius 2 is 2.15 bits per heavy atom. The van der Waals surface area contributed by atoms with E-state index in [2.05, 4.69) is 12.7 Å². The Balaban J connectivity index is 2.27. The van der Waals surface area contributed by atoms with Crippen molar-refractivity contribution < 1.29 is 4.74 Å². The van der Waals surface area contributed by atoms with Crippen LogP contribution in [0.3, 0.4) is 0 Å². The van der Waals surface area contributed by atoms with Crippen LogP contribution in [0.5, 0.6) is 0 Å². The quantitative estimate of drug-likeness (QED) is 0.656. The minimum atomic E-state index is 0.0982. The summed E-state index contributed by atoms with van der Waals surface area (Å²) in [5.74, 6) is 1.12. The van der Waals surface area contributed by atoms with Crippen molar-refractivity contribution in [2.45, 2.75) is 6.10 Å². The molecule has 0 aromatic carbocycles. The van der Waals surface area contributed by atoms with E-state index in [-0.39, 0.29) is 6.10 Å². The lowest BCUT2D eigenvalue weighted by Gasteiger charge is -2.31. The fourth-order valence-corrected chi connectivity index (χ4v) is 1.65. The molecule has 2 N–H and O–H groups in total. The highest BCUT2D eigenvalue weighted by Crippen LogP contribution is 2.30. The van der Waals surface area contributed by atoms with E-state index in [4.69, 9.17) is 10.5 Å². The molecular formula is C11H13NO. The van der Waals surface area contributed by atoms with Gasteiger partial charge in [0.25, 0.3) is 0 Å². The van der Waals surface area contributed by atoms with Gasteiger partial charge in [-0.05, 0) is 17.7 Å². The van der Waals surface area contributed by atoms with Gasteiger partial charge in [0.2, 0.25) is 0 Å². The zero-order valence-electron chi connectivity index (χ0n) is 7.44. The Labute approximate surface area is 78.1 Å². The van der Waals surface area contributed by atoms with Crippen molar-refractivity contribution in [2.24, 2.45) is 11.7 Å². The third-order valence-electron chi connectivity index (χ3n) is 2.35. The lowest BCUT2D eigenvalue weighted by molar-refractivity contribution is 0.118. The van der Waals surface area contributed by atoms with Gasteiger partial charge in [-0.25, -0.2) is 0 Å². The van der Waals surface area contributed by atoms with Crippen molar-refractivity contribution in [1.82, 2.24) is 0 Å². The predicted octanol–water partition coefficient (Wildman–Crippen LogP) is 1.53. The van der Waals surface area contributed by atoms with Gasteiger partial charge in [-0.15, -0.1) is 0 Å². The minimum absolute atomic E-state index is 0.0982. The molecule has 0 spiro atoms. The Hall–Kier alpha value is -1.28. The van der Waals surface area contributed by atoms with E-state index in [0.717, 1.165) is 11.3 Å². The lowest BCUT2D eigenvalue weighted by atomic mass is 9.88. The van der Waals surface area contributed by atoms with Gasteiger partial charge in [0.05, 0.1) is 6.54 Å². The van der Waals surface area contributed by atoms with E-state index in [1.165, 1.54) is 0 Å². The van der Waals surface area contributed by atoms with Crippen molar-refractivity contribution >= 4 is 0 Å². The highest BCUT2D eigenvalue weighted by atomic mass is 16.5. The molecule has 2 atom stereocenters. The molecule has 1 aliphatic carbocycles. The first kappa shape index (κ1) is 8.32. The summed E-state index contributed by atoms with van der Waals surface area (Å²) in [6.07, 6.45) is 10.2. The molecule has 0 amide bonds. The van der Waals surface area contributed by atoms with E-state index >= 15 is 0 Å². The fourth-order valence-electron chi connectivity index (χ4n) is 1.65. The van der Waals surface area contributed by atoms with Crippen molar-refractivity contribution in [1.29, 1.82) is 0 Å². The summed E-state index contributed by atoms with van der Waals surface area (Å²) in [6, 6.07) is 0. The molecule has 0 radical (unpaired) electrons. The molecule has 68 valence electrons. The van der Waals surface area contributed by atoms with Crippen LogP contribution in [-0.4, -0.2) is 12.6 Å². The zero-order chi connectivity index (χ0) is 9.26. The zero-order valence-corrected chi connectivity index (χ0v) is 7.44. The van der Waals surface area contributed by atoms with Crippen molar-refractivity contribution in [3.05, 3.63) is 48.3 Å². The molecule has 2 nitrogen and oxygen atoms in total. The molecule has 1 aliphatic heterocycles. The Kier molecular flexibility index (Phi) is 2.07. The van der Waals surface area contributed by atoms with Crippen LogP contribution in [-0.2, 0) is 4.74 Å². The monoisotopic (exact) mass is 175 g/mol. The average molecular weight is 175 g/mol. The number of hydrogen-bond acceptors (Lipinski definition) is 2. The van der Waals surface area contributed by atoms with Gasteiger partial charge in [0, 0.05) is 5.92 Å². The third-order valence-corrected chi connectivity index (χ3v) is 2.35. The van der Waals surface area contributed by atoms with Crippen molar-refractivity contribution in [3.8, 4) is 0 Å². The van der Waals surface area contributed by atoms with Crippen LogP contribution in [0, 0.1) is 5.92 Å². The van der Waals surface area contributed by atoms with Gasteiger partial charge in [-0.3, -0.25) is 0 Å². The highest BCUT2D eigenvalue weighted by Gasteiger charge is 2.26. The first-order valence-corrected chi connectivity index (χ1v) is 4.42. The molecule has 0 aromatic heterocycles. The lowest BCUT2D eigenvalue weighted by Crippen LogP contribution is -2.28. The van der Waals surface area contributed by atoms with Crippen LogP contribution >= 0.6 is 0 Å². The molecule has 0 saturated heterocycles. The molecule has 2 aliphatic rings. The second-order valence-electron chi connectivity index (χ2n) is 3.27. The fraction of sp³-hybridized carbons (Fsp3) is 0.273. The van der Waals surface area contributed by atoms with Crippen LogP contribution in [0.4, 0.5) is 0 Å². The van der Waals surface area contributed by atoms with Crippen molar-refractivity contribution in [3.63, 3.8) is 0 Å². The van der Waals surface area contributed by atoms with E-state index < -0.39 is 0 Å². The summed E-state index contributed by atoms with van der Waals surface area (Å²) in [6.45, 7) is 4.44. The molecule has 2 heteroatoms. The van der Waals surface area contributed by atoms with Crippen LogP contribution in [0.15, 0.2) is 48.3 Å². The molecule has 0 bridgehead atoms. The van der Waals surface area contributed by atoms with Gasteiger partial charge in [-0.1, -0.05) is 24.8 Å². The molecule has 2 rings (SSSR count).